The summed E-state index contributed by atoms with van der Waals surface area (Å²) in [6.07, 6.45) is 1.84. The fourth-order valence-electron chi connectivity index (χ4n) is 3.18. The van der Waals surface area contributed by atoms with Crippen LogP contribution in [0.25, 0.3) is 11.0 Å². The normalized spacial score (nSPS) is 15.6. The molecule has 2 aromatic heterocycles. The predicted molar refractivity (Wildman–Crippen MR) is 98.6 cm³/mol. The molecule has 25 heavy (non-hydrogen) atoms. The molecule has 0 unspecified atom stereocenters. The topological polar surface area (TPSA) is 58.8 Å². The molecule has 3 heterocycles. The zero-order valence-corrected chi connectivity index (χ0v) is 14.8. The predicted octanol–water partition coefficient (Wildman–Crippen LogP) is 2.58. The zero-order chi connectivity index (χ0) is 17.2. The standard InChI is InChI=1S/C18H19N3O3S/c1-23-14-2-3-15-13(10-17(22)24-16(15)11-14)12-20-5-7-21(8-6-20)18-19-4-9-25-18/h2-4,9-11H,5-8,12H2,1H3. The number of hydrogen-bond acceptors (Lipinski definition) is 7. The van der Waals surface area contributed by atoms with Crippen molar-refractivity contribution in [3.63, 3.8) is 0 Å². The van der Waals surface area contributed by atoms with Gasteiger partial charge in [0.05, 0.1) is 7.11 Å². The second kappa shape index (κ2) is 6.85. The Hall–Kier alpha value is -2.38. The molecule has 1 aliphatic rings. The molecule has 3 aromatic rings. The van der Waals surface area contributed by atoms with Crippen LogP contribution >= 0.6 is 11.3 Å². The number of anilines is 1. The molecular weight excluding hydrogens is 338 g/mol. The summed E-state index contributed by atoms with van der Waals surface area (Å²) in [5.41, 5.74) is 1.25. The molecule has 4 rings (SSSR count). The third-order valence-corrected chi connectivity index (χ3v) is 5.33. The minimum absolute atomic E-state index is 0.322. The van der Waals surface area contributed by atoms with Crippen LogP contribution in [-0.2, 0) is 6.54 Å². The number of rotatable bonds is 4. The van der Waals surface area contributed by atoms with Gasteiger partial charge in [-0.2, -0.15) is 0 Å². The molecule has 6 nitrogen and oxygen atoms in total. The minimum atomic E-state index is -0.322. The molecule has 0 atom stereocenters. The average molecular weight is 357 g/mol. The van der Waals surface area contributed by atoms with Gasteiger partial charge in [-0.05, 0) is 17.7 Å². The zero-order valence-electron chi connectivity index (χ0n) is 14.0. The Bertz CT molecular complexity index is 915. The van der Waals surface area contributed by atoms with Crippen LogP contribution < -0.4 is 15.3 Å². The molecule has 0 N–H and O–H groups in total. The molecular formula is C18H19N3O3S. The SMILES string of the molecule is COc1ccc2c(CN3CCN(c4nccs4)CC3)cc(=O)oc2c1. The number of piperazine rings is 1. The van der Waals surface area contributed by atoms with Crippen molar-refractivity contribution in [3.8, 4) is 5.75 Å². The molecule has 0 amide bonds. The van der Waals surface area contributed by atoms with E-state index in [4.69, 9.17) is 9.15 Å². The highest BCUT2D eigenvalue weighted by Gasteiger charge is 2.19. The van der Waals surface area contributed by atoms with Crippen LogP contribution in [0.5, 0.6) is 5.75 Å². The van der Waals surface area contributed by atoms with Gasteiger partial charge in [-0.25, -0.2) is 9.78 Å². The number of benzene rings is 1. The van der Waals surface area contributed by atoms with Gasteiger partial charge in [0.15, 0.2) is 5.13 Å². The van der Waals surface area contributed by atoms with Crippen molar-refractivity contribution in [2.24, 2.45) is 0 Å². The Morgan fingerprint density at radius 3 is 2.80 bits per heavy atom. The van der Waals surface area contributed by atoms with Crippen molar-refractivity contribution in [2.45, 2.75) is 6.54 Å². The Morgan fingerprint density at radius 2 is 2.08 bits per heavy atom. The third-order valence-electron chi connectivity index (χ3n) is 4.49. The summed E-state index contributed by atoms with van der Waals surface area (Å²) in [4.78, 5) is 21.0. The van der Waals surface area contributed by atoms with Crippen LogP contribution in [0.3, 0.4) is 0 Å². The maximum atomic E-state index is 11.9. The van der Waals surface area contributed by atoms with Crippen LogP contribution in [-0.4, -0.2) is 43.2 Å². The van der Waals surface area contributed by atoms with Crippen molar-refractivity contribution in [3.05, 3.63) is 51.8 Å². The van der Waals surface area contributed by atoms with E-state index in [1.54, 1.807) is 30.6 Å². The highest BCUT2D eigenvalue weighted by molar-refractivity contribution is 7.13. The first-order valence-electron chi connectivity index (χ1n) is 8.20. The molecule has 130 valence electrons. The lowest BCUT2D eigenvalue weighted by molar-refractivity contribution is 0.250. The van der Waals surface area contributed by atoms with Crippen molar-refractivity contribution in [1.82, 2.24) is 9.88 Å². The molecule has 0 aliphatic carbocycles. The molecule has 7 heteroatoms. The van der Waals surface area contributed by atoms with Gasteiger partial charge in [0.1, 0.15) is 11.3 Å². The van der Waals surface area contributed by atoms with Crippen LogP contribution in [0.2, 0.25) is 0 Å². The fourth-order valence-corrected chi connectivity index (χ4v) is 3.88. The van der Waals surface area contributed by atoms with E-state index in [-0.39, 0.29) is 5.63 Å². The number of nitrogens with zero attached hydrogens (tertiary/aromatic N) is 3. The lowest BCUT2D eigenvalue weighted by atomic mass is 10.1. The molecule has 0 bridgehead atoms. The van der Waals surface area contributed by atoms with E-state index in [1.165, 1.54) is 0 Å². The van der Waals surface area contributed by atoms with Crippen molar-refractivity contribution in [1.29, 1.82) is 0 Å². The Kier molecular flexibility index (Phi) is 4.42. The highest BCUT2D eigenvalue weighted by atomic mass is 32.1. The van der Waals surface area contributed by atoms with Gasteiger partial charge in [-0.1, -0.05) is 0 Å². The smallest absolute Gasteiger partial charge is 0.336 e. The highest BCUT2D eigenvalue weighted by Crippen LogP contribution is 2.24. The van der Waals surface area contributed by atoms with E-state index in [0.717, 1.165) is 48.8 Å². The minimum Gasteiger partial charge on any atom is -0.497 e. The first-order chi connectivity index (χ1) is 12.2. The summed E-state index contributed by atoms with van der Waals surface area (Å²) >= 11 is 1.67. The Morgan fingerprint density at radius 1 is 1.24 bits per heavy atom. The van der Waals surface area contributed by atoms with Crippen LogP contribution in [0.1, 0.15) is 5.56 Å². The van der Waals surface area contributed by atoms with E-state index < -0.39 is 0 Å². The number of fused-ring (bicyclic) bond motifs is 1. The molecule has 0 saturated carbocycles. The van der Waals surface area contributed by atoms with E-state index in [0.29, 0.717) is 11.3 Å². The quantitative estimate of drug-likeness (QED) is 0.669. The van der Waals surface area contributed by atoms with Gasteiger partial charge < -0.3 is 14.1 Å². The monoisotopic (exact) mass is 357 g/mol. The third kappa shape index (κ3) is 3.38. The van der Waals surface area contributed by atoms with Gasteiger partial charge in [0.25, 0.3) is 0 Å². The number of aromatic nitrogens is 1. The first-order valence-corrected chi connectivity index (χ1v) is 9.08. The summed E-state index contributed by atoms with van der Waals surface area (Å²) in [6.45, 7) is 4.51. The van der Waals surface area contributed by atoms with Gasteiger partial charge in [0, 0.05) is 61.8 Å². The first kappa shape index (κ1) is 16.1. The average Bonchev–Trinajstić information content (AvgIpc) is 3.16. The largest absolute Gasteiger partial charge is 0.497 e. The van der Waals surface area contributed by atoms with Crippen LogP contribution in [0, 0.1) is 0 Å². The maximum Gasteiger partial charge on any atom is 0.336 e. The molecule has 0 radical (unpaired) electrons. The molecule has 1 fully saturated rings. The number of hydrogen-bond donors (Lipinski definition) is 0. The van der Waals surface area contributed by atoms with Gasteiger partial charge in [-0.15, -0.1) is 11.3 Å². The second-order valence-corrected chi connectivity index (χ2v) is 6.90. The van der Waals surface area contributed by atoms with E-state index in [2.05, 4.69) is 14.8 Å². The summed E-state index contributed by atoms with van der Waals surface area (Å²) in [5.74, 6) is 0.685. The lowest BCUT2D eigenvalue weighted by Gasteiger charge is -2.34. The molecule has 1 saturated heterocycles. The summed E-state index contributed by atoms with van der Waals surface area (Å²) in [7, 11) is 1.60. The molecule has 1 aromatic carbocycles. The summed E-state index contributed by atoms with van der Waals surface area (Å²) < 4.78 is 10.5. The van der Waals surface area contributed by atoms with E-state index in [9.17, 15) is 4.79 Å². The van der Waals surface area contributed by atoms with Gasteiger partial charge >= 0.3 is 5.63 Å². The number of ether oxygens (including phenoxy) is 1. The fraction of sp³-hybridized carbons (Fsp3) is 0.333. The number of methoxy groups -OCH3 is 1. The summed E-state index contributed by atoms with van der Waals surface area (Å²) in [6, 6.07) is 7.22. The Balaban J connectivity index is 1.52. The molecule has 0 spiro atoms. The van der Waals surface area contributed by atoms with Crippen LogP contribution in [0.4, 0.5) is 5.13 Å². The van der Waals surface area contributed by atoms with Crippen molar-refractivity contribution in [2.75, 3.05) is 38.2 Å². The maximum absolute atomic E-state index is 11.9. The van der Waals surface area contributed by atoms with Crippen molar-refractivity contribution >= 4 is 27.4 Å². The van der Waals surface area contributed by atoms with Crippen molar-refractivity contribution < 1.29 is 9.15 Å². The lowest BCUT2D eigenvalue weighted by Crippen LogP contribution is -2.46. The second-order valence-electron chi connectivity index (χ2n) is 6.03. The van der Waals surface area contributed by atoms with E-state index in [1.807, 2.05) is 23.7 Å². The van der Waals surface area contributed by atoms with Gasteiger partial charge in [-0.3, -0.25) is 4.90 Å². The Labute approximate surface area is 149 Å². The molecule has 1 aliphatic heterocycles. The number of thiazole rings is 1. The van der Waals surface area contributed by atoms with Gasteiger partial charge in [0.2, 0.25) is 0 Å². The van der Waals surface area contributed by atoms with Crippen LogP contribution in [0.15, 0.2) is 45.1 Å². The van der Waals surface area contributed by atoms with E-state index >= 15 is 0 Å². The summed E-state index contributed by atoms with van der Waals surface area (Å²) in [5, 5.41) is 4.05.